The van der Waals surface area contributed by atoms with Crippen LogP contribution in [0.3, 0.4) is 0 Å². The Morgan fingerprint density at radius 3 is 2.82 bits per heavy atom. The maximum Gasteiger partial charge on any atom is 0.351 e. The van der Waals surface area contributed by atoms with Gasteiger partial charge in [-0.1, -0.05) is 31.5 Å². The molecule has 0 aliphatic rings. The Balaban J connectivity index is 2.02. The quantitative estimate of drug-likeness (QED) is 0.500. The molecule has 0 spiro atoms. The van der Waals surface area contributed by atoms with E-state index in [0.29, 0.717) is 17.5 Å². The monoisotopic (exact) mass is 303 g/mol. The average Bonchev–Trinajstić information content (AvgIpc) is 2.52. The first kappa shape index (κ1) is 15.8. The van der Waals surface area contributed by atoms with Crippen molar-refractivity contribution in [2.24, 2.45) is 0 Å². The molecule has 6 nitrogen and oxygen atoms in total. The Labute approximate surface area is 127 Å². The minimum absolute atomic E-state index is 0.222. The second kappa shape index (κ2) is 7.40. The zero-order valence-corrected chi connectivity index (χ0v) is 12.3. The summed E-state index contributed by atoms with van der Waals surface area (Å²) in [7, 11) is 0. The number of carbonyl (C=O) groups is 2. The van der Waals surface area contributed by atoms with Crippen molar-refractivity contribution in [3.8, 4) is 0 Å². The van der Waals surface area contributed by atoms with Crippen molar-refractivity contribution in [1.82, 2.24) is 5.32 Å². The summed E-state index contributed by atoms with van der Waals surface area (Å²) in [5.41, 5.74) is -0.614. The molecule has 1 N–H and O–H groups in total. The minimum atomic E-state index is -0.870. The number of unbranched alkanes of at least 4 members (excludes halogenated alkanes) is 1. The first-order chi connectivity index (χ1) is 10.6. The van der Waals surface area contributed by atoms with Crippen molar-refractivity contribution >= 4 is 22.8 Å². The van der Waals surface area contributed by atoms with Crippen LogP contribution in [-0.4, -0.2) is 25.0 Å². The largest absolute Gasteiger partial charge is 0.452 e. The standard InChI is InChI=1S/C16H17NO5/c1-2-3-8-17-14(18)10-21-15(19)12-9-11-6-4-5-7-13(11)22-16(12)20/h4-7,9H,2-3,8,10H2,1H3,(H,17,18). The number of hydrogen-bond donors (Lipinski definition) is 1. The number of benzene rings is 1. The average molecular weight is 303 g/mol. The zero-order valence-electron chi connectivity index (χ0n) is 12.3. The van der Waals surface area contributed by atoms with Gasteiger partial charge in [-0.25, -0.2) is 9.59 Å². The van der Waals surface area contributed by atoms with Gasteiger partial charge in [-0.2, -0.15) is 0 Å². The van der Waals surface area contributed by atoms with Crippen LogP contribution in [-0.2, 0) is 9.53 Å². The van der Waals surface area contributed by atoms with Crippen LogP contribution in [0.2, 0.25) is 0 Å². The van der Waals surface area contributed by atoms with Gasteiger partial charge in [-0.05, 0) is 18.6 Å². The van der Waals surface area contributed by atoms with Crippen LogP contribution in [0.1, 0.15) is 30.1 Å². The maximum atomic E-state index is 11.9. The topological polar surface area (TPSA) is 85.6 Å². The lowest BCUT2D eigenvalue weighted by Crippen LogP contribution is -2.30. The molecule has 0 atom stereocenters. The Kier molecular flexibility index (Phi) is 5.30. The van der Waals surface area contributed by atoms with Gasteiger partial charge < -0.3 is 14.5 Å². The SMILES string of the molecule is CCCCNC(=O)COC(=O)c1cc2ccccc2oc1=O. The van der Waals surface area contributed by atoms with E-state index < -0.39 is 24.1 Å². The number of rotatable bonds is 6. The third-order valence-electron chi connectivity index (χ3n) is 3.05. The third-order valence-corrected chi connectivity index (χ3v) is 3.05. The molecule has 1 amide bonds. The van der Waals surface area contributed by atoms with Crippen molar-refractivity contribution in [2.75, 3.05) is 13.2 Å². The van der Waals surface area contributed by atoms with Crippen LogP contribution < -0.4 is 10.9 Å². The van der Waals surface area contributed by atoms with Crippen molar-refractivity contribution < 1.29 is 18.7 Å². The summed E-state index contributed by atoms with van der Waals surface area (Å²) in [4.78, 5) is 35.1. The molecule has 0 saturated heterocycles. The van der Waals surface area contributed by atoms with Gasteiger partial charge in [-0.15, -0.1) is 0 Å². The molecule has 22 heavy (non-hydrogen) atoms. The van der Waals surface area contributed by atoms with Gasteiger partial charge in [0.25, 0.3) is 5.91 Å². The number of ether oxygens (including phenoxy) is 1. The van der Waals surface area contributed by atoms with Crippen LogP contribution >= 0.6 is 0 Å². The predicted octanol–water partition coefficient (Wildman–Crippen LogP) is 1.87. The fraction of sp³-hybridized carbons (Fsp3) is 0.312. The lowest BCUT2D eigenvalue weighted by molar-refractivity contribution is -0.124. The highest BCUT2D eigenvalue weighted by molar-refractivity contribution is 5.94. The van der Waals surface area contributed by atoms with Gasteiger partial charge in [0, 0.05) is 11.9 Å². The van der Waals surface area contributed by atoms with E-state index in [1.807, 2.05) is 6.92 Å². The highest BCUT2D eigenvalue weighted by atomic mass is 16.5. The molecule has 0 radical (unpaired) electrons. The van der Waals surface area contributed by atoms with Gasteiger partial charge in [0.1, 0.15) is 11.1 Å². The van der Waals surface area contributed by atoms with Crippen molar-refractivity contribution in [3.63, 3.8) is 0 Å². The predicted molar refractivity (Wildman–Crippen MR) is 80.7 cm³/mol. The van der Waals surface area contributed by atoms with Crippen LogP contribution in [0.4, 0.5) is 0 Å². The van der Waals surface area contributed by atoms with E-state index >= 15 is 0 Å². The molecule has 0 aliphatic heterocycles. The molecule has 1 aromatic heterocycles. The van der Waals surface area contributed by atoms with Crippen LogP contribution in [0, 0.1) is 0 Å². The number of hydrogen-bond acceptors (Lipinski definition) is 5. The summed E-state index contributed by atoms with van der Waals surface area (Å²) in [6.07, 6.45) is 1.81. The molecule has 6 heteroatoms. The Morgan fingerprint density at radius 2 is 2.05 bits per heavy atom. The first-order valence-electron chi connectivity index (χ1n) is 7.08. The van der Waals surface area contributed by atoms with E-state index in [0.717, 1.165) is 12.8 Å². The zero-order chi connectivity index (χ0) is 15.9. The summed E-state index contributed by atoms with van der Waals surface area (Å²) < 4.78 is 9.88. The molecule has 2 rings (SSSR count). The number of para-hydroxylation sites is 1. The molecule has 0 fully saturated rings. The van der Waals surface area contributed by atoms with Crippen LogP contribution in [0.5, 0.6) is 0 Å². The fourth-order valence-electron chi connectivity index (χ4n) is 1.87. The molecule has 1 heterocycles. The highest BCUT2D eigenvalue weighted by Gasteiger charge is 2.16. The van der Waals surface area contributed by atoms with Gasteiger partial charge in [0.2, 0.25) is 0 Å². The van der Waals surface area contributed by atoms with Gasteiger partial charge >= 0.3 is 11.6 Å². The molecule has 0 saturated carbocycles. The second-order valence-corrected chi connectivity index (χ2v) is 4.76. The molecule has 0 bridgehead atoms. The Morgan fingerprint density at radius 1 is 1.27 bits per heavy atom. The fourth-order valence-corrected chi connectivity index (χ4v) is 1.87. The highest BCUT2D eigenvalue weighted by Crippen LogP contribution is 2.12. The summed E-state index contributed by atoms with van der Waals surface area (Å²) in [5.74, 6) is -1.27. The van der Waals surface area contributed by atoms with Crippen molar-refractivity contribution in [3.05, 3.63) is 46.3 Å². The molecule has 0 aliphatic carbocycles. The number of fused-ring (bicyclic) bond motifs is 1. The summed E-state index contributed by atoms with van der Waals surface area (Å²) in [6.45, 7) is 2.12. The van der Waals surface area contributed by atoms with E-state index in [2.05, 4.69) is 5.32 Å². The van der Waals surface area contributed by atoms with Gasteiger partial charge in [0.05, 0.1) is 0 Å². The molecule has 2 aromatic rings. The molecule has 116 valence electrons. The lowest BCUT2D eigenvalue weighted by Gasteiger charge is -2.06. The van der Waals surface area contributed by atoms with E-state index in [1.165, 1.54) is 6.07 Å². The Hall–Kier alpha value is -2.63. The summed E-state index contributed by atoms with van der Waals surface area (Å²) in [5, 5.41) is 3.23. The molecule has 1 aromatic carbocycles. The smallest absolute Gasteiger partial charge is 0.351 e. The third kappa shape index (κ3) is 3.94. The first-order valence-corrected chi connectivity index (χ1v) is 7.08. The minimum Gasteiger partial charge on any atom is -0.452 e. The number of esters is 1. The number of nitrogens with one attached hydrogen (secondary N) is 1. The van der Waals surface area contributed by atoms with Crippen molar-refractivity contribution in [2.45, 2.75) is 19.8 Å². The van der Waals surface area contributed by atoms with E-state index in [1.54, 1.807) is 24.3 Å². The number of amides is 1. The van der Waals surface area contributed by atoms with Crippen LogP contribution in [0.25, 0.3) is 11.0 Å². The Bertz CT molecular complexity index is 735. The van der Waals surface area contributed by atoms with Crippen LogP contribution in [0.15, 0.2) is 39.5 Å². The van der Waals surface area contributed by atoms with E-state index in [4.69, 9.17) is 9.15 Å². The molecular weight excluding hydrogens is 286 g/mol. The van der Waals surface area contributed by atoms with Crippen molar-refractivity contribution in [1.29, 1.82) is 0 Å². The molecular formula is C16H17NO5. The van der Waals surface area contributed by atoms with E-state index in [-0.39, 0.29) is 5.56 Å². The molecule has 0 unspecified atom stereocenters. The number of carbonyl (C=O) groups excluding carboxylic acids is 2. The normalized spacial score (nSPS) is 10.4. The van der Waals surface area contributed by atoms with E-state index in [9.17, 15) is 14.4 Å². The lowest BCUT2D eigenvalue weighted by atomic mass is 10.2. The van der Waals surface area contributed by atoms with Gasteiger partial charge in [0.15, 0.2) is 6.61 Å². The second-order valence-electron chi connectivity index (χ2n) is 4.76. The maximum absolute atomic E-state index is 11.9. The van der Waals surface area contributed by atoms with Gasteiger partial charge in [-0.3, -0.25) is 4.79 Å². The summed E-state index contributed by atoms with van der Waals surface area (Å²) in [6, 6.07) is 8.24. The summed E-state index contributed by atoms with van der Waals surface area (Å²) >= 11 is 0.